The molecule has 2 aromatic rings. The monoisotopic (exact) mass is 486 g/mol. The smallest absolute Gasteiger partial charge is 0.341 e. The molecule has 0 atom stereocenters. The van der Waals surface area contributed by atoms with Gasteiger partial charge in [-0.2, -0.15) is 4.31 Å². The van der Waals surface area contributed by atoms with Crippen LogP contribution in [0, 0.1) is 5.82 Å². The number of nitrogens with zero attached hydrogens (tertiary/aromatic N) is 1. The molecule has 0 saturated carbocycles. The first-order valence-electron chi connectivity index (χ1n) is 9.40. The number of halogens is 2. The van der Waals surface area contributed by atoms with Gasteiger partial charge in [0.2, 0.25) is 10.0 Å². The number of benzene rings is 2. The van der Waals surface area contributed by atoms with E-state index >= 15 is 0 Å². The SMILES string of the molecule is COc1ccc(NC(=O)COC(=O)c2ccc(Cl)cc2F)cc1S(=O)(=O)N1CCOCC1. The third-order valence-electron chi connectivity index (χ3n) is 4.52. The van der Waals surface area contributed by atoms with Crippen molar-refractivity contribution in [2.45, 2.75) is 4.90 Å². The Morgan fingerprint density at radius 3 is 2.56 bits per heavy atom. The summed E-state index contributed by atoms with van der Waals surface area (Å²) in [5.41, 5.74) is -0.220. The average Bonchev–Trinajstić information content (AvgIpc) is 2.78. The normalized spacial score (nSPS) is 14.6. The first-order valence-corrected chi connectivity index (χ1v) is 11.2. The zero-order valence-corrected chi connectivity index (χ0v) is 18.5. The van der Waals surface area contributed by atoms with Crippen molar-refractivity contribution >= 4 is 39.2 Å². The number of amides is 1. The molecule has 0 aliphatic carbocycles. The van der Waals surface area contributed by atoms with Crippen molar-refractivity contribution in [2.24, 2.45) is 0 Å². The Labute approximate surface area is 189 Å². The molecule has 9 nitrogen and oxygen atoms in total. The fraction of sp³-hybridized carbons (Fsp3) is 0.300. The summed E-state index contributed by atoms with van der Waals surface area (Å²) in [7, 11) is -2.56. The van der Waals surface area contributed by atoms with E-state index in [2.05, 4.69) is 5.32 Å². The van der Waals surface area contributed by atoms with Crippen LogP contribution in [0.5, 0.6) is 5.75 Å². The average molecular weight is 487 g/mol. The minimum absolute atomic E-state index is 0.110. The predicted molar refractivity (Wildman–Crippen MR) is 113 cm³/mol. The van der Waals surface area contributed by atoms with E-state index < -0.39 is 34.3 Å². The van der Waals surface area contributed by atoms with Gasteiger partial charge >= 0.3 is 5.97 Å². The molecule has 0 bridgehead atoms. The van der Waals surface area contributed by atoms with Gasteiger partial charge in [-0.15, -0.1) is 0 Å². The van der Waals surface area contributed by atoms with E-state index in [0.29, 0.717) is 0 Å². The Balaban J connectivity index is 1.70. The molecule has 0 unspecified atom stereocenters. The second-order valence-corrected chi connectivity index (χ2v) is 8.97. The fourth-order valence-electron chi connectivity index (χ4n) is 2.94. The van der Waals surface area contributed by atoms with Crippen molar-refractivity contribution in [1.29, 1.82) is 0 Å². The highest BCUT2D eigenvalue weighted by Crippen LogP contribution is 2.30. The van der Waals surface area contributed by atoms with Crippen LogP contribution in [0.3, 0.4) is 0 Å². The van der Waals surface area contributed by atoms with Gasteiger partial charge in [0.25, 0.3) is 5.91 Å². The van der Waals surface area contributed by atoms with Crippen LogP contribution in [0.1, 0.15) is 10.4 Å². The second kappa shape index (κ2) is 10.3. The lowest BCUT2D eigenvalue weighted by Crippen LogP contribution is -2.40. The van der Waals surface area contributed by atoms with Crippen LogP contribution < -0.4 is 10.1 Å². The van der Waals surface area contributed by atoms with Gasteiger partial charge in [0.15, 0.2) is 6.61 Å². The van der Waals surface area contributed by atoms with Crippen LogP contribution in [-0.4, -0.2) is 64.6 Å². The lowest BCUT2D eigenvalue weighted by Gasteiger charge is -2.26. The predicted octanol–water partition coefficient (Wildman–Crippen LogP) is 2.30. The van der Waals surface area contributed by atoms with Gasteiger partial charge in [0.05, 0.1) is 25.9 Å². The third-order valence-corrected chi connectivity index (χ3v) is 6.68. The van der Waals surface area contributed by atoms with Crippen molar-refractivity contribution in [3.05, 3.63) is 52.8 Å². The molecule has 172 valence electrons. The number of hydrogen-bond donors (Lipinski definition) is 1. The van der Waals surface area contributed by atoms with Crippen LogP contribution in [0.2, 0.25) is 5.02 Å². The van der Waals surface area contributed by atoms with Crippen molar-refractivity contribution in [3.8, 4) is 5.75 Å². The first-order chi connectivity index (χ1) is 15.2. The van der Waals surface area contributed by atoms with E-state index in [1.54, 1.807) is 0 Å². The number of carbonyl (C=O) groups excluding carboxylic acids is 2. The second-order valence-electron chi connectivity index (χ2n) is 6.63. The molecular formula is C20H20ClFN2O7S. The quantitative estimate of drug-likeness (QED) is 0.598. The highest BCUT2D eigenvalue weighted by molar-refractivity contribution is 7.89. The van der Waals surface area contributed by atoms with Gasteiger partial charge in [-0.25, -0.2) is 17.6 Å². The number of rotatable bonds is 7. The number of carbonyl (C=O) groups is 2. The van der Waals surface area contributed by atoms with Gasteiger partial charge in [0, 0.05) is 23.8 Å². The van der Waals surface area contributed by atoms with Gasteiger partial charge in [-0.1, -0.05) is 11.6 Å². The number of ether oxygens (including phenoxy) is 3. The van der Waals surface area contributed by atoms with Crippen LogP contribution >= 0.6 is 11.6 Å². The summed E-state index contributed by atoms with van der Waals surface area (Å²) >= 11 is 5.64. The highest BCUT2D eigenvalue weighted by atomic mass is 35.5. The number of methoxy groups -OCH3 is 1. The van der Waals surface area contributed by atoms with Gasteiger partial charge in [0.1, 0.15) is 16.5 Å². The van der Waals surface area contributed by atoms with Crippen LogP contribution in [0.4, 0.5) is 10.1 Å². The van der Waals surface area contributed by atoms with Gasteiger partial charge in [-0.05, 0) is 36.4 Å². The standard InChI is InChI=1S/C20H20ClFN2O7S/c1-29-17-5-3-14(11-18(17)32(27,28)24-6-8-30-9-7-24)23-19(25)12-31-20(26)15-4-2-13(21)10-16(15)22/h2-5,10-11H,6-9,12H2,1H3,(H,23,25). The Morgan fingerprint density at radius 1 is 1.19 bits per heavy atom. The molecule has 32 heavy (non-hydrogen) atoms. The van der Waals surface area contributed by atoms with Gasteiger partial charge < -0.3 is 19.5 Å². The van der Waals surface area contributed by atoms with Crippen LogP contribution in [0.25, 0.3) is 0 Å². The summed E-state index contributed by atoms with van der Waals surface area (Å²) in [6, 6.07) is 7.50. The lowest BCUT2D eigenvalue weighted by atomic mass is 10.2. The number of morpholine rings is 1. The minimum atomic E-state index is -3.89. The van der Waals surface area contributed by atoms with Crippen molar-refractivity contribution in [1.82, 2.24) is 4.31 Å². The summed E-state index contributed by atoms with van der Waals surface area (Å²) in [6.45, 7) is 0.228. The van der Waals surface area contributed by atoms with E-state index in [1.807, 2.05) is 0 Å². The fourth-order valence-corrected chi connectivity index (χ4v) is 4.69. The summed E-state index contributed by atoms with van der Waals surface area (Å²) in [5.74, 6) is -2.55. The van der Waals surface area contributed by atoms with Crippen molar-refractivity contribution in [2.75, 3.05) is 45.3 Å². The maximum Gasteiger partial charge on any atom is 0.341 e. The minimum Gasteiger partial charge on any atom is -0.495 e. The Bertz CT molecular complexity index is 1120. The molecule has 2 aromatic carbocycles. The number of anilines is 1. The molecule has 0 radical (unpaired) electrons. The van der Waals surface area contributed by atoms with Crippen LogP contribution in [0.15, 0.2) is 41.3 Å². The molecule has 1 N–H and O–H groups in total. The van der Waals surface area contributed by atoms with Crippen molar-refractivity contribution in [3.63, 3.8) is 0 Å². The van der Waals surface area contributed by atoms with E-state index in [9.17, 15) is 22.4 Å². The number of esters is 1. The van der Waals surface area contributed by atoms with E-state index in [-0.39, 0.29) is 53.2 Å². The summed E-state index contributed by atoms with van der Waals surface area (Å²) in [4.78, 5) is 24.0. The Morgan fingerprint density at radius 2 is 1.91 bits per heavy atom. The summed E-state index contributed by atoms with van der Waals surface area (Å²) in [5, 5.41) is 2.56. The maximum atomic E-state index is 13.8. The number of sulfonamides is 1. The zero-order valence-electron chi connectivity index (χ0n) is 17.0. The molecule has 1 amide bonds. The zero-order chi connectivity index (χ0) is 23.3. The Kier molecular flexibility index (Phi) is 7.67. The molecule has 12 heteroatoms. The lowest BCUT2D eigenvalue weighted by molar-refractivity contribution is -0.119. The molecule has 1 heterocycles. The van der Waals surface area contributed by atoms with E-state index in [0.717, 1.165) is 12.1 Å². The highest BCUT2D eigenvalue weighted by Gasteiger charge is 2.29. The summed E-state index contributed by atoms with van der Waals surface area (Å²) in [6.07, 6.45) is 0. The van der Waals surface area contributed by atoms with E-state index in [4.69, 9.17) is 25.8 Å². The largest absolute Gasteiger partial charge is 0.495 e. The topological polar surface area (TPSA) is 111 Å². The molecule has 0 spiro atoms. The summed E-state index contributed by atoms with van der Waals surface area (Å²) < 4.78 is 56.2. The van der Waals surface area contributed by atoms with Gasteiger partial charge in [-0.3, -0.25) is 4.79 Å². The molecule has 1 fully saturated rings. The van der Waals surface area contributed by atoms with E-state index in [1.165, 1.54) is 35.7 Å². The third kappa shape index (κ3) is 5.54. The molecule has 0 aromatic heterocycles. The maximum absolute atomic E-state index is 13.8. The molecular weight excluding hydrogens is 467 g/mol. The molecule has 1 aliphatic heterocycles. The molecule has 1 aliphatic rings. The number of nitrogens with one attached hydrogen (secondary N) is 1. The molecule has 1 saturated heterocycles. The molecule has 3 rings (SSSR count). The van der Waals surface area contributed by atoms with Crippen LogP contribution in [-0.2, 0) is 24.3 Å². The Hall–Kier alpha value is -2.73. The van der Waals surface area contributed by atoms with Crippen molar-refractivity contribution < 1.29 is 36.6 Å². The number of hydrogen-bond acceptors (Lipinski definition) is 7. The first kappa shape index (κ1) is 23.9.